The number of benzene rings is 2. The van der Waals surface area contributed by atoms with Crippen LogP contribution in [0.1, 0.15) is 52.5 Å². The minimum absolute atomic E-state index is 0.00267. The molecule has 0 radical (unpaired) electrons. The minimum Gasteiger partial charge on any atom is -0.457 e. The number of nitrogens with two attached hydrogens (primary N) is 1. The van der Waals surface area contributed by atoms with E-state index < -0.39 is 0 Å². The van der Waals surface area contributed by atoms with Gasteiger partial charge in [-0.15, -0.1) is 11.3 Å². The summed E-state index contributed by atoms with van der Waals surface area (Å²) < 4.78 is 5.56. The van der Waals surface area contributed by atoms with Crippen molar-refractivity contribution in [1.82, 2.24) is 15.1 Å². The number of carbonyl (C=O) groups is 3. The van der Waals surface area contributed by atoms with Crippen molar-refractivity contribution in [2.75, 3.05) is 20.1 Å². The summed E-state index contributed by atoms with van der Waals surface area (Å²) in [4.78, 5) is 40.9. The third kappa shape index (κ3) is 7.20. The van der Waals surface area contributed by atoms with Crippen molar-refractivity contribution in [3.8, 4) is 11.5 Å². The van der Waals surface area contributed by atoms with E-state index in [1.54, 1.807) is 42.6 Å². The fourth-order valence-corrected chi connectivity index (χ4v) is 6.45. The second-order valence-corrected chi connectivity index (χ2v) is 11.0. The van der Waals surface area contributed by atoms with Gasteiger partial charge in [-0.3, -0.25) is 19.8 Å². The van der Waals surface area contributed by atoms with E-state index in [9.17, 15) is 14.4 Å². The SMILES string of the molecule is CCC1CCC(C(=O)N2CCc3c(C(=N)N)csc3C2)N1C(=O)CNC.O=Cc1ccc(Oc2ccccc2)cc1. The number of likely N-dealkylation sites (N-methyl/N-ethyl adjacent to an activating group) is 1. The molecule has 0 spiro atoms. The molecular weight excluding hydrogens is 538 g/mol. The van der Waals surface area contributed by atoms with E-state index in [4.69, 9.17) is 15.9 Å². The van der Waals surface area contributed by atoms with Crippen LogP contribution in [0.5, 0.6) is 11.5 Å². The zero-order valence-corrected chi connectivity index (χ0v) is 24.3. The number of amidine groups is 1. The van der Waals surface area contributed by atoms with Crippen LogP contribution in [0.4, 0.5) is 0 Å². The smallest absolute Gasteiger partial charge is 0.245 e. The van der Waals surface area contributed by atoms with E-state index >= 15 is 0 Å². The maximum atomic E-state index is 13.2. The summed E-state index contributed by atoms with van der Waals surface area (Å²) in [6.45, 7) is 3.49. The minimum atomic E-state index is -0.352. The van der Waals surface area contributed by atoms with Gasteiger partial charge in [-0.05, 0) is 74.7 Å². The molecule has 41 heavy (non-hydrogen) atoms. The molecule has 2 aromatic carbocycles. The quantitative estimate of drug-likeness (QED) is 0.210. The van der Waals surface area contributed by atoms with E-state index in [1.807, 2.05) is 45.5 Å². The molecule has 2 aliphatic rings. The van der Waals surface area contributed by atoms with Gasteiger partial charge in [-0.2, -0.15) is 0 Å². The molecule has 2 atom stereocenters. The highest BCUT2D eigenvalue weighted by Crippen LogP contribution is 2.32. The Bertz CT molecular complexity index is 1360. The summed E-state index contributed by atoms with van der Waals surface area (Å²) in [5.74, 6) is 1.66. The lowest BCUT2D eigenvalue weighted by Gasteiger charge is -2.34. The average molecular weight is 576 g/mol. The Morgan fingerprint density at radius 2 is 1.83 bits per heavy atom. The number of fused-ring (bicyclic) bond motifs is 1. The molecule has 2 aliphatic heterocycles. The Morgan fingerprint density at radius 1 is 1.12 bits per heavy atom. The molecule has 0 bridgehead atoms. The lowest BCUT2D eigenvalue weighted by atomic mass is 10.0. The monoisotopic (exact) mass is 575 g/mol. The summed E-state index contributed by atoms with van der Waals surface area (Å²) in [5.41, 5.74) is 8.20. The van der Waals surface area contributed by atoms with E-state index in [0.29, 0.717) is 25.1 Å². The molecule has 2 unspecified atom stereocenters. The van der Waals surface area contributed by atoms with Crippen molar-refractivity contribution < 1.29 is 19.1 Å². The van der Waals surface area contributed by atoms with Gasteiger partial charge in [0, 0.05) is 34.0 Å². The average Bonchev–Trinajstić information content (AvgIpc) is 3.62. The molecule has 2 amide bonds. The van der Waals surface area contributed by atoms with Crippen LogP contribution >= 0.6 is 11.3 Å². The predicted molar refractivity (Wildman–Crippen MR) is 161 cm³/mol. The molecular formula is C31H37N5O4S. The summed E-state index contributed by atoms with van der Waals surface area (Å²) >= 11 is 1.56. The van der Waals surface area contributed by atoms with Crippen molar-refractivity contribution in [2.45, 2.75) is 51.2 Å². The van der Waals surface area contributed by atoms with Crippen LogP contribution in [0, 0.1) is 5.41 Å². The van der Waals surface area contributed by atoms with Crippen LogP contribution < -0.4 is 15.8 Å². The van der Waals surface area contributed by atoms with Crippen molar-refractivity contribution in [2.24, 2.45) is 5.73 Å². The molecule has 9 nitrogen and oxygen atoms in total. The zero-order valence-electron chi connectivity index (χ0n) is 23.5. The molecule has 0 saturated carbocycles. The highest BCUT2D eigenvalue weighted by molar-refractivity contribution is 7.10. The highest BCUT2D eigenvalue weighted by Gasteiger charge is 2.42. The largest absolute Gasteiger partial charge is 0.457 e. The second kappa shape index (κ2) is 14.0. The Morgan fingerprint density at radius 3 is 2.46 bits per heavy atom. The number of carbonyl (C=O) groups excluding carboxylic acids is 3. The van der Waals surface area contributed by atoms with Gasteiger partial charge in [0.25, 0.3) is 0 Å². The van der Waals surface area contributed by atoms with Crippen LogP contribution in [0.3, 0.4) is 0 Å². The Labute approximate surface area is 244 Å². The maximum absolute atomic E-state index is 13.2. The first-order chi connectivity index (χ1) is 19.9. The number of hydrogen-bond donors (Lipinski definition) is 3. The molecule has 5 rings (SSSR count). The summed E-state index contributed by atoms with van der Waals surface area (Å²) in [5, 5.41) is 12.5. The molecule has 3 heterocycles. The molecule has 1 fully saturated rings. The van der Waals surface area contributed by atoms with Crippen LogP contribution in [-0.2, 0) is 22.6 Å². The van der Waals surface area contributed by atoms with Gasteiger partial charge < -0.3 is 25.6 Å². The lowest BCUT2D eigenvalue weighted by Crippen LogP contribution is -2.52. The number of nitrogens with one attached hydrogen (secondary N) is 2. The van der Waals surface area contributed by atoms with Gasteiger partial charge in [0.1, 0.15) is 29.7 Å². The van der Waals surface area contributed by atoms with E-state index in [-0.39, 0.29) is 36.3 Å². The molecule has 0 aliphatic carbocycles. The van der Waals surface area contributed by atoms with Crippen molar-refractivity contribution in [3.63, 3.8) is 0 Å². The van der Waals surface area contributed by atoms with Crippen LogP contribution in [0.15, 0.2) is 60.0 Å². The van der Waals surface area contributed by atoms with Gasteiger partial charge in [0.2, 0.25) is 11.8 Å². The van der Waals surface area contributed by atoms with Gasteiger partial charge in [0.15, 0.2) is 0 Å². The number of ether oxygens (including phenoxy) is 1. The number of thiophene rings is 1. The van der Waals surface area contributed by atoms with Gasteiger partial charge >= 0.3 is 0 Å². The van der Waals surface area contributed by atoms with Gasteiger partial charge in [0.05, 0.1) is 13.1 Å². The predicted octanol–water partition coefficient (Wildman–Crippen LogP) is 4.20. The number of aldehydes is 1. The number of rotatable bonds is 8. The number of hydrogen-bond acceptors (Lipinski definition) is 7. The first kappa shape index (κ1) is 30.0. The fraction of sp³-hybridized carbons (Fsp3) is 0.355. The lowest BCUT2D eigenvalue weighted by molar-refractivity contribution is -0.145. The Hall–Kier alpha value is -4.02. The van der Waals surface area contributed by atoms with Crippen molar-refractivity contribution >= 4 is 35.3 Å². The first-order valence-corrected chi connectivity index (χ1v) is 14.7. The van der Waals surface area contributed by atoms with E-state index in [2.05, 4.69) is 12.2 Å². The van der Waals surface area contributed by atoms with E-state index in [1.165, 1.54) is 0 Å². The molecule has 1 saturated heterocycles. The van der Waals surface area contributed by atoms with Gasteiger partial charge in [-0.25, -0.2) is 0 Å². The molecule has 4 N–H and O–H groups in total. The normalized spacial score (nSPS) is 17.7. The Balaban J connectivity index is 0.000000218. The first-order valence-electron chi connectivity index (χ1n) is 13.8. The summed E-state index contributed by atoms with van der Waals surface area (Å²) in [6.07, 6.45) is 4.02. The fourth-order valence-electron chi connectivity index (χ4n) is 5.34. The number of para-hydroxylation sites is 1. The standard InChI is InChI=1S/C18H27N5O2S.C13H10O2/c1-3-11-4-5-14(23(11)16(24)8-21-2)18(25)22-7-6-12-13(17(19)20)10-26-15(12)9-22;14-10-11-6-8-13(9-7-11)15-12-4-2-1-3-5-12/h10-11,14,21H,3-9H2,1-2H3,(H3,19,20);1-10H. The summed E-state index contributed by atoms with van der Waals surface area (Å²) in [6, 6.07) is 16.3. The number of likely N-dealkylation sites (tertiary alicyclic amines) is 1. The van der Waals surface area contributed by atoms with Crippen LogP contribution in [-0.4, -0.2) is 66.0 Å². The van der Waals surface area contributed by atoms with Crippen LogP contribution in [0.2, 0.25) is 0 Å². The second-order valence-electron chi connectivity index (χ2n) is 10.1. The topological polar surface area (TPSA) is 129 Å². The highest BCUT2D eigenvalue weighted by atomic mass is 32.1. The summed E-state index contributed by atoms with van der Waals surface area (Å²) in [7, 11) is 1.75. The number of nitrogen functional groups attached to an aromatic ring is 1. The number of amides is 2. The van der Waals surface area contributed by atoms with Crippen molar-refractivity contribution in [3.05, 3.63) is 81.5 Å². The van der Waals surface area contributed by atoms with Crippen LogP contribution in [0.25, 0.3) is 0 Å². The Kier molecular flexibility index (Phi) is 10.3. The zero-order chi connectivity index (χ0) is 29.4. The molecule has 1 aromatic heterocycles. The van der Waals surface area contributed by atoms with Crippen molar-refractivity contribution in [1.29, 1.82) is 5.41 Å². The number of nitrogens with zero attached hydrogens (tertiary/aromatic N) is 2. The van der Waals surface area contributed by atoms with E-state index in [0.717, 1.165) is 53.1 Å². The molecule has 3 aromatic rings. The molecule has 216 valence electrons. The maximum Gasteiger partial charge on any atom is 0.245 e. The van der Waals surface area contributed by atoms with Gasteiger partial charge in [-0.1, -0.05) is 25.1 Å². The third-order valence-electron chi connectivity index (χ3n) is 7.42. The molecule has 10 heteroatoms. The third-order valence-corrected chi connectivity index (χ3v) is 8.43.